The number of rotatable bonds is 7. The fourth-order valence-electron chi connectivity index (χ4n) is 1.39. The maximum Gasteiger partial charge on any atom is 0.326 e. The number of carboxylic acid groups (broad SMARTS) is 1. The Kier molecular flexibility index (Phi) is 6.01. The topological polar surface area (TPSA) is 133 Å². The van der Waals surface area contributed by atoms with Gasteiger partial charge >= 0.3 is 18.0 Å². The van der Waals surface area contributed by atoms with Crippen molar-refractivity contribution >= 4 is 18.0 Å². The standard InChI is InChI=1S/C11H16N4O5/c1-2-20-9(16)5-13-11(19)15-8(10(17)18)3-7-4-12-6-14-7/h4,6,8H,2-3,5H2,1H3,(H,12,14)(H,17,18)(H2,13,15,19)/t8-/m0/s1. The first-order valence-electron chi connectivity index (χ1n) is 5.93. The Balaban J connectivity index is 2.43. The number of aliphatic carboxylic acids is 1. The predicted octanol–water partition coefficient (Wildman–Crippen LogP) is -0.732. The Morgan fingerprint density at radius 1 is 1.50 bits per heavy atom. The SMILES string of the molecule is CCOC(=O)CNC(=O)N[C@@H](Cc1cnc[nH]1)C(=O)O. The lowest BCUT2D eigenvalue weighted by Crippen LogP contribution is -2.48. The molecular weight excluding hydrogens is 268 g/mol. The molecule has 0 aliphatic carbocycles. The zero-order chi connectivity index (χ0) is 15.0. The molecule has 0 saturated carbocycles. The fourth-order valence-corrected chi connectivity index (χ4v) is 1.39. The van der Waals surface area contributed by atoms with E-state index in [4.69, 9.17) is 5.11 Å². The third kappa shape index (κ3) is 5.38. The summed E-state index contributed by atoms with van der Waals surface area (Å²) < 4.78 is 4.62. The Bertz CT molecular complexity index is 459. The minimum absolute atomic E-state index is 0.0577. The van der Waals surface area contributed by atoms with Crippen molar-refractivity contribution in [2.75, 3.05) is 13.2 Å². The first-order valence-corrected chi connectivity index (χ1v) is 5.93. The first kappa shape index (κ1) is 15.5. The summed E-state index contributed by atoms with van der Waals surface area (Å²) in [6.07, 6.45) is 2.94. The molecule has 0 unspecified atom stereocenters. The summed E-state index contributed by atoms with van der Waals surface area (Å²) in [5, 5.41) is 13.5. The maximum absolute atomic E-state index is 11.5. The lowest BCUT2D eigenvalue weighted by Gasteiger charge is -2.14. The number of nitrogens with one attached hydrogen (secondary N) is 3. The molecule has 110 valence electrons. The normalized spacial score (nSPS) is 11.4. The molecule has 0 fully saturated rings. The third-order valence-corrected chi connectivity index (χ3v) is 2.28. The zero-order valence-corrected chi connectivity index (χ0v) is 10.9. The highest BCUT2D eigenvalue weighted by atomic mass is 16.5. The van der Waals surface area contributed by atoms with E-state index in [1.54, 1.807) is 6.92 Å². The van der Waals surface area contributed by atoms with Crippen LogP contribution < -0.4 is 10.6 Å². The van der Waals surface area contributed by atoms with Gasteiger partial charge in [-0.05, 0) is 6.92 Å². The molecule has 0 spiro atoms. The zero-order valence-electron chi connectivity index (χ0n) is 10.9. The van der Waals surface area contributed by atoms with Gasteiger partial charge in [0.15, 0.2) is 0 Å². The van der Waals surface area contributed by atoms with Crippen molar-refractivity contribution < 1.29 is 24.2 Å². The van der Waals surface area contributed by atoms with Gasteiger partial charge in [-0.1, -0.05) is 0 Å². The molecule has 0 saturated heterocycles. The number of hydrogen-bond acceptors (Lipinski definition) is 5. The molecule has 2 amide bonds. The number of H-pyrrole nitrogens is 1. The van der Waals surface area contributed by atoms with E-state index in [0.29, 0.717) is 5.69 Å². The summed E-state index contributed by atoms with van der Waals surface area (Å²) in [4.78, 5) is 40.0. The van der Waals surface area contributed by atoms with Crippen LogP contribution in [0, 0.1) is 0 Å². The summed E-state index contributed by atoms with van der Waals surface area (Å²) in [6.45, 7) is 1.53. The molecule has 1 heterocycles. The number of amides is 2. The highest BCUT2D eigenvalue weighted by Crippen LogP contribution is 1.98. The van der Waals surface area contributed by atoms with Crippen molar-refractivity contribution in [1.82, 2.24) is 20.6 Å². The van der Waals surface area contributed by atoms with Gasteiger partial charge in [0, 0.05) is 18.3 Å². The van der Waals surface area contributed by atoms with Gasteiger partial charge in [0.1, 0.15) is 12.6 Å². The summed E-state index contributed by atoms with van der Waals surface area (Å²) >= 11 is 0. The minimum Gasteiger partial charge on any atom is -0.480 e. The lowest BCUT2D eigenvalue weighted by molar-refractivity contribution is -0.141. The van der Waals surface area contributed by atoms with Crippen LogP contribution in [0.4, 0.5) is 4.79 Å². The molecule has 0 aliphatic rings. The maximum atomic E-state index is 11.5. The van der Waals surface area contributed by atoms with Gasteiger partial charge in [-0.25, -0.2) is 14.6 Å². The second kappa shape index (κ2) is 7.77. The lowest BCUT2D eigenvalue weighted by atomic mass is 10.2. The van der Waals surface area contributed by atoms with Crippen molar-refractivity contribution in [1.29, 1.82) is 0 Å². The van der Waals surface area contributed by atoms with E-state index in [1.807, 2.05) is 0 Å². The number of ether oxygens (including phenoxy) is 1. The molecule has 0 bridgehead atoms. The number of aromatic nitrogens is 2. The second-order valence-electron chi connectivity index (χ2n) is 3.80. The van der Waals surface area contributed by atoms with Crippen molar-refractivity contribution in [3.05, 3.63) is 18.2 Å². The quantitative estimate of drug-likeness (QED) is 0.488. The van der Waals surface area contributed by atoms with Crippen LogP contribution in [-0.2, 0) is 20.7 Å². The number of nitrogens with zero attached hydrogens (tertiary/aromatic N) is 1. The van der Waals surface area contributed by atoms with Crippen LogP contribution >= 0.6 is 0 Å². The third-order valence-electron chi connectivity index (χ3n) is 2.28. The largest absolute Gasteiger partial charge is 0.480 e. The first-order chi connectivity index (χ1) is 9.52. The van der Waals surface area contributed by atoms with Crippen LogP contribution in [-0.4, -0.2) is 52.2 Å². The molecule has 0 aliphatic heterocycles. The Morgan fingerprint density at radius 2 is 2.25 bits per heavy atom. The van der Waals surface area contributed by atoms with Crippen LogP contribution in [0.3, 0.4) is 0 Å². The highest BCUT2D eigenvalue weighted by molar-refractivity contribution is 5.85. The molecule has 0 aromatic carbocycles. The fraction of sp³-hybridized carbons (Fsp3) is 0.455. The number of carbonyl (C=O) groups is 3. The highest BCUT2D eigenvalue weighted by Gasteiger charge is 2.21. The molecule has 4 N–H and O–H groups in total. The van der Waals surface area contributed by atoms with Gasteiger partial charge in [0.25, 0.3) is 0 Å². The number of carbonyl (C=O) groups excluding carboxylic acids is 2. The van der Waals surface area contributed by atoms with Gasteiger partial charge in [-0.3, -0.25) is 4.79 Å². The monoisotopic (exact) mass is 284 g/mol. The minimum atomic E-state index is -1.19. The molecular formula is C11H16N4O5. The van der Waals surface area contributed by atoms with Gasteiger partial charge < -0.3 is 25.5 Å². The van der Waals surface area contributed by atoms with Gasteiger partial charge in [-0.15, -0.1) is 0 Å². The van der Waals surface area contributed by atoms with E-state index in [-0.39, 0.29) is 19.6 Å². The average molecular weight is 284 g/mol. The van der Waals surface area contributed by atoms with E-state index < -0.39 is 24.0 Å². The van der Waals surface area contributed by atoms with Crippen LogP contribution in [0.25, 0.3) is 0 Å². The molecule has 9 nitrogen and oxygen atoms in total. The van der Waals surface area contributed by atoms with Crippen LogP contribution in [0.2, 0.25) is 0 Å². The van der Waals surface area contributed by atoms with Gasteiger partial charge in [-0.2, -0.15) is 0 Å². The van der Waals surface area contributed by atoms with E-state index >= 15 is 0 Å². The summed E-state index contributed by atoms with van der Waals surface area (Å²) in [6, 6.07) is -1.89. The molecule has 20 heavy (non-hydrogen) atoms. The summed E-state index contributed by atoms with van der Waals surface area (Å²) in [5.74, 6) is -1.78. The number of imidazole rings is 1. The predicted molar refractivity (Wildman–Crippen MR) is 66.9 cm³/mol. The molecule has 1 aromatic rings. The van der Waals surface area contributed by atoms with E-state index in [2.05, 4.69) is 25.3 Å². The van der Waals surface area contributed by atoms with Crippen LogP contribution in [0.5, 0.6) is 0 Å². The van der Waals surface area contributed by atoms with Crippen molar-refractivity contribution in [2.24, 2.45) is 0 Å². The Labute approximate surface area is 114 Å². The van der Waals surface area contributed by atoms with E-state index in [9.17, 15) is 14.4 Å². The van der Waals surface area contributed by atoms with Crippen LogP contribution in [0.1, 0.15) is 12.6 Å². The van der Waals surface area contributed by atoms with E-state index in [1.165, 1.54) is 12.5 Å². The summed E-state index contributed by atoms with van der Waals surface area (Å²) in [5.41, 5.74) is 0.572. The summed E-state index contributed by atoms with van der Waals surface area (Å²) in [7, 11) is 0. The average Bonchev–Trinajstić information content (AvgIpc) is 2.89. The Morgan fingerprint density at radius 3 is 2.80 bits per heavy atom. The molecule has 0 radical (unpaired) electrons. The van der Waals surface area contributed by atoms with Crippen molar-refractivity contribution in [3.63, 3.8) is 0 Å². The molecule has 1 aromatic heterocycles. The van der Waals surface area contributed by atoms with Crippen molar-refractivity contribution in [2.45, 2.75) is 19.4 Å². The Hall–Kier alpha value is -2.58. The number of esters is 1. The van der Waals surface area contributed by atoms with Gasteiger partial charge in [0.2, 0.25) is 0 Å². The second-order valence-corrected chi connectivity index (χ2v) is 3.80. The number of carboxylic acids is 1. The smallest absolute Gasteiger partial charge is 0.326 e. The number of aromatic amines is 1. The number of urea groups is 1. The van der Waals surface area contributed by atoms with Crippen molar-refractivity contribution in [3.8, 4) is 0 Å². The molecule has 1 atom stereocenters. The van der Waals surface area contributed by atoms with Crippen LogP contribution in [0.15, 0.2) is 12.5 Å². The molecule has 1 rings (SSSR count). The van der Waals surface area contributed by atoms with Gasteiger partial charge in [0.05, 0.1) is 12.9 Å². The van der Waals surface area contributed by atoms with E-state index in [0.717, 1.165) is 0 Å². The molecule has 9 heteroatoms. The number of hydrogen-bond donors (Lipinski definition) is 4.